The van der Waals surface area contributed by atoms with Crippen molar-refractivity contribution < 1.29 is 9.09 Å². The average Bonchev–Trinajstić information content (AvgIpc) is 1.89. The zero-order chi connectivity index (χ0) is 7.82. The molecule has 0 heterocycles. The van der Waals surface area contributed by atoms with Gasteiger partial charge in [0.2, 0.25) is 0 Å². The molecule has 0 rings (SSSR count). The number of nitrogens with zero attached hydrogens (tertiary/aromatic N) is 1. The van der Waals surface area contributed by atoms with Gasteiger partial charge in [-0.25, -0.2) is 0 Å². The molecule has 1 unspecified atom stereocenters. The lowest BCUT2D eigenvalue weighted by molar-refractivity contribution is 0.350. The van der Waals surface area contributed by atoms with Gasteiger partial charge in [-0.2, -0.15) is 5.26 Å². The van der Waals surface area contributed by atoms with E-state index >= 15 is 0 Å². The molecule has 0 radical (unpaired) electrons. The van der Waals surface area contributed by atoms with Gasteiger partial charge in [0, 0.05) is 12.6 Å². The van der Waals surface area contributed by atoms with Gasteiger partial charge in [-0.3, -0.25) is 4.57 Å². The van der Waals surface area contributed by atoms with Crippen LogP contribution in [-0.4, -0.2) is 12.8 Å². The molecule has 10 heavy (non-hydrogen) atoms. The first-order chi connectivity index (χ1) is 4.81. The van der Waals surface area contributed by atoms with Gasteiger partial charge in [0.1, 0.15) is 0 Å². The van der Waals surface area contributed by atoms with Gasteiger partial charge in [-0.1, -0.05) is 0 Å². The van der Waals surface area contributed by atoms with Crippen LogP contribution in [0.3, 0.4) is 0 Å². The number of hydrogen-bond acceptors (Lipinski definition) is 3. The molecule has 0 saturated carbocycles. The zero-order valence-corrected chi connectivity index (χ0v) is 7.09. The van der Waals surface area contributed by atoms with Crippen molar-refractivity contribution in [1.82, 2.24) is 0 Å². The fraction of sp³-hybridized carbons (Fsp3) is 0.833. The lowest BCUT2D eigenvalue weighted by Crippen LogP contribution is -1.82. The van der Waals surface area contributed by atoms with Crippen molar-refractivity contribution >= 4 is 8.03 Å². The molecule has 0 fully saturated rings. The van der Waals surface area contributed by atoms with E-state index in [-0.39, 0.29) is 0 Å². The molecule has 0 spiro atoms. The first-order valence-electron chi connectivity index (χ1n) is 3.33. The quantitative estimate of drug-likeness (QED) is 0.456. The molecule has 0 aliphatic rings. The molecule has 0 aromatic carbocycles. The lowest BCUT2D eigenvalue weighted by atomic mass is 10.4. The van der Waals surface area contributed by atoms with E-state index in [1.807, 2.05) is 13.0 Å². The van der Waals surface area contributed by atoms with Gasteiger partial charge in [0.25, 0.3) is 0 Å². The third kappa shape index (κ3) is 5.81. The van der Waals surface area contributed by atoms with Crippen molar-refractivity contribution in [3.8, 4) is 6.07 Å². The molecule has 0 bridgehead atoms. The maximum atomic E-state index is 10.8. The van der Waals surface area contributed by atoms with Crippen LogP contribution in [-0.2, 0) is 9.09 Å². The van der Waals surface area contributed by atoms with Crippen LogP contribution >= 0.6 is 8.03 Å². The van der Waals surface area contributed by atoms with E-state index in [4.69, 9.17) is 9.79 Å². The highest BCUT2D eigenvalue weighted by molar-refractivity contribution is 7.39. The molecule has 0 N–H and O–H groups in total. The minimum atomic E-state index is -1.81. The number of nitriles is 1. The van der Waals surface area contributed by atoms with Gasteiger partial charge >= 0.3 is 0 Å². The second-order valence-corrected chi connectivity index (χ2v) is 3.35. The Morgan fingerprint density at radius 2 is 2.40 bits per heavy atom. The summed E-state index contributed by atoms with van der Waals surface area (Å²) in [6.07, 6.45) is 1.71. The zero-order valence-electron chi connectivity index (χ0n) is 6.09. The van der Waals surface area contributed by atoms with Crippen LogP contribution in [0.2, 0.25) is 0 Å². The lowest BCUT2D eigenvalue weighted by Gasteiger charge is -1.97. The van der Waals surface area contributed by atoms with Crippen LogP contribution in [0.25, 0.3) is 0 Å². The van der Waals surface area contributed by atoms with Gasteiger partial charge < -0.3 is 4.52 Å². The normalized spacial score (nSPS) is 12.4. The molecular formula is C6H12NO2P. The summed E-state index contributed by atoms with van der Waals surface area (Å²) in [7, 11) is -1.81. The van der Waals surface area contributed by atoms with E-state index in [9.17, 15) is 4.57 Å². The highest BCUT2D eigenvalue weighted by atomic mass is 31.1. The second-order valence-electron chi connectivity index (χ2n) is 1.82. The molecule has 0 saturated heterocycles. The highest BCUT2D eigenvalue weighted by Gasteiger charge is 1.95. The fourth-order valence-corrected chi connectivity index (χ4v) is 1.48. The summed E-state index contributed by atoms with van der Waals surface area (Å²) in [6.45, 7) is 2.32. The Bertz CT molecular complexity index is 141. The monoisotopic (exact) mass is 161 g/mol. The number of hydrogen-bond donors (Lipinski definition) is 0. The highest BCUT2D eigenvalue weighted by Crippen LogP contribution is 2.22. The van der Waals surface area contributed by atoms with Crippen LogP contribution < -0.4 is 0 Å². The molecule has 0 aromatic heterocycles. The maximum absolute atomic E-state index is 10.8. The molecular weight excluding hydrogens is 149 g/mol. The summed E-state index contributed by atoms with van der Waals surface area (Å²) in [6, 6.07) is 1.99. The standard InChI is InChI=1S/C6H12NO2P/c1-2-9-10(8)6-4-3-5-7/h10H,2-4,6H2,1H3. The molecule has 0 aromatic rings. The molecule has 0 amide bonds. The van der Waals surface area contributed by atoms with Crippen molar-refractivity contribution in [1.29, 1.82) is 5.26 Å². The molecule has 0 aliphatic heterocycles. The molecule has 0 aliphatic carbocycles. The Morgan fingerprint density at radius 3 is 2.90 bits per heavy atom. The Hall–Kier alpha value is -0.320. The Kier molecular flexibility index (Phi) is 6.58. The van der Waals surface area contributed by atoms with E-state index in [1.54, 1.807) is 0 Å². The first kappa shape index (κ1) is 9.68. The van der Waals surface area contributed by atoms with E-state index in [1.165, 1.54) is 0 Å². The van der Waals surface area contributed by atoms with E-state index < -0.39 is 8.03 Å². The van der Waals surface area contributed by atoms with Crippen LogP contribution in [0.5, 0.6) is 0 Å². The first-order valence-corrected chi connectivity index (χ1v) is 4.86. The summed E-state index contributed by atoms with van der Waals surface area (Å²) < 4.78 is 15.6. The van der Waals surface area contributed by atoms with Crippen LogP contribution in [0.1, 0.15) is 19.8 Å². The van der Waals surface area contributed by atoms with Gasteiger partial charge in [-0.15, -0.1) is 0 Å². The second kappa shape index (κ2) is 6.80. The van der Waals surface area contributed by atoms with Crippen molar-refractivity contribution in [2.24, 2.45) is 0 Å². The van der Waals surface area contributed by atoms with Crippen molar-refractivity contribution in [2.75, 3.05) is 12.8 Å². The van der Waals surface area contributed by atoms with Gasteiger partial charge in [-0.05, 0) is 13.3 Å². The molecule has 58 valence electrons. The van der Waals surface area contributed by atoms with Crippen LogP contribution in [0.4, 0.5) is 0 Å². The van der Waals surface area contributed by atoms with Crippen molar-refractivity contribution in [3.05, 3.63) is 0 Å². The van der Waals surface area contributed by atoms with E-state index in [0.29, 0.717) is 25.6 Å². The number of unbranched alkanes of at least 4 members (excludes halogenated alkanes) is 1. The fourth-order valence-electron chi connectivity index (χ4n) is 0.545. The summed E-state index contributed by atoms with van der Waals surface area (Å²) in [5, 5.41) is 8.13. The molecule has 1 atom stereocenters. The SMILES string of the molecule is CCO[PH](=O)CCCC#N. The van der Waals surface area contributed by atoms with E-state index in [0.717, 1.165) is 0 Å². The Balaban J connectivity index is 3.15. The largest absolute Gasteiger partial charge is 0.331 e. The summed E-state index contributed by atoms with van der Waals surface area (Å²) in [5.41, 5.74) is 0. The average molecular weight is 161 g/mol. The Morgan fingerprint density at radius 1 is 1.70 bits per heavy atom. The topological polar surface area (TPSA) is 50.1 Å². The van der Waals surface area contributed by atoms with Gasteiger partial charge in [0.05, 0.1) is 12.7 Å². The predicted molar refractivity (Wildman–Crippen MR) is 40.3 cm³/mol. The molecule has 3 nitrogen and oxygen atoms in total. The number of rotatable bonds is 5. The third-order valence-electron chi connectivity index (χ3n) is 0.975. The third-order valence-corrected chi connectivity index (χ3v) is 2.35. The van der Waals surface area contributed by atoms with Crippen molar-refractivity contribution in [3.63, 3.8) is 0 Å². The maximum Gasteiger partial charge on any atom is 0.191 e. The summed E-state index contributed by atoms with van der Waals surface area (Å²) >= 11 is 0. The minimum absolute atomic E-state index is 0.476. The summed E-state index contributed by atoms with van der Waals surface area (Å²) in [5.74, 6) is 0. The van der Waals surface area contributed by atoms with E-state index in [2.05, 4.69) is 0 Å². The van der Waals surface area contributed by atoms with Crippen molar-refractivity contribution in [2.45, 2.75) is 19.8 Å². The van der Waals surface area contributed by atoms with Crippen LogP contribution in [0.15, 0.2) is 0 Å². The predicted octanol–water partition coefficient (Wildman–Crippen LogP) is 1.80. The smallest absolute Gasteiger partial charge is 0.191 e. The van der Waals surface area contributed by atoms with Crippen LogP contribution in [0, 0.1) is 11.3 Å². The minimum Gasteiger partial charge on any atom is -0.331 e. The van der Waals surface area contributed by atoms with Gasteiger partial charge in [0.15, 0.2) is 8.03 Å². The summed E-state index contributed by atoms with van der Waals surface area (Å²) in [4.78, 5) is 0. The Labute approximate surface area is 61.9 Å². The molecule has 4 heteroatoms.